The second-order valence-electron chi connectivity index (χ2n) is 1.86. The first-order valence-corrected chi connectivity index (χ1v) is 4.43. The fraction of sp³-hybridized carbons (Fsp3) is 0.667. The minimum absolute atomic E-state index is 0.0584. The highest BCUT2D eigenvalue weighted by Gasteiger charge is 1.98. The van der Waals surface area contributed by atoms with E-state index in [1.165, 1.54) is 18.9 Å². The molecule has 0 rings (SSSR count). The van der Waals surface area contributed by atoms with Crippen LogP contribution in [0.3, 0.4) is 0 Å². The normalized spacial score (nSPS) is 9.08. The molecule has 70 valence electrons. The number of amides is 1. The number of thioether (sulfide) groups is 1. The number of rotatable bonds is 5. The molecule has 0 aromatic heterocycles. The van der Waals surface area contributed by atoms with Gasteiger partial charge in [0, 0.05) is 12.3 Å². The summed E-state index contributed by atoms with van der Waals surface area (Å²) in [5, 5.41) is 10.7. The van der Waals surface area contributed by atoms with Crippen LogP contribution in [0.5, 0.6) is 0 Å². The Labute approximate surface area is 74.5 Å². The summed E-state index contributed by atoms with van der Waals surface area (Å²) < 4.78 is 4.30. The third-order valence-corrected chi connectivity index (χ3v) is 1.87. The topological polar surface area (TPSA) is 75.6 Å². The van der Waals surface area contributed by atoms with E-state index in [2.05, 4.69) is 10.1 Å². The third kappa shape index (κ3) is 7.20. The molecule has 0 aliphatic rings. The van der Waals surface area contributed by atoms with Gasteiger partial charge in [-0.15, -0.1) is 11.8 Å². The van der Waals surface area contributed by atoms with Gasteiger partial charge < -0.3 is 15.2 Å². The SMILES string of the molecule is COC(=O)NCCSCC(=O)O. The van der Waals surface area contributed by atoms with Gasteiger partial charge in [-0.25, -0.2) is 4.79 Å². The molecule has 2 N–H and O–H groups in total. The molecule has 6 heteroatoms. The quantitative estimate of drug-likeness (QED) is 0.608. The molecule has 0 aliphatic heterocycles. The van der Waals surface area contributed by atoms with Crippen molar-refractivity contribution < 1.29 is 19.4 Å². The van der Waals surface area contributed by atoms with E-state index in [-0.39, 0.29) is 5.75 Å². The van der Waals surface area contributed by atoms with Crippen LogP contribution in [-0.4, -0.2) is 42.3 Å². The van der Waals surface area contributed by atoms with E-state index in [9.17, 15) is 9.59 Å². The van der Waals surface area contributed by atoms with E-state index in [4.69, 9.17) is 5.11 Å². The molecular formula is C6H11NO4S. The highest BCUT2D eigenvalue weighted by molar-refractivity contribution is 7.99. The second-order valence-corrected chi connectivity index (χ2v) is 2.97. The second kappa shape index (κ2) is 6.78. The number of aliphatic carboxylic acids is 1. The Kier molecular flexibility index (Phi) is 6.26. The van der Waals surface area contributed by atoms with Crippen molar-refractivity contribution in [3.05, 3.63) is 0 Å². The molecule has 0 atom stereocenters. The van der Waals surface area contributed by atoms with E-state index >= 15 is 0 Å². The molecule has 0 unspecified atom stereocenters. The average Bonchev–Trinajstić information content (AvgIpc) is 2.03. The number of hydrogen-bond acceptors (Lipinski definition) is 4. The summed E-state index contributed by atoms with van der Waals surface area (Å²) in [6.07, 6.45) is -0.495. The van der Waals surface area contributed by atoms with Crippen molar-refractivity contribution in [1.82, 2.24) is 5.32 Å². The average molecular weight is 193 g/mol. The van der Waals surface area contributed by atoms with Crippen LogP contribution in [0.1, 0.15) is 0 Å². The van der Waals surface area contributed by atoms with Gasteiger partial charge in [0.05, 0.1) is 12.9 Å². The molecule has 12 heavy (non-hydrogen) atoms. The maximum atomic E-state index is 10.4. The van der Waals surface area contributed by atoms with Gasteiger partial charge in [-0.05, 0) is 0 Å². The van der Waals surface area contributed by atoms with Gasteiger partial charge in [-0.3, -0.25) is 4.79 Å². The molecule has 1 amide bonds. The lowest BCUT2D eigenvalue weighted by Crippen LogP contribution is -2.25. The van der Waals surface area contributed by atoms with E-state index in [0.29, 0.717) is 12.3 Å². The molecule has 0 spiro atoms. The van der Waals surface area contributed by atoms with Crippen LogP contribution in [0.2, 0.25) is 0 Å². The molecule has 0 aliphatic carbocycles. The Balaban J connectivity index is 3.11. The largest absolute Gasteiger partial charge is 0.481 e. The van der Waals surface area contributed by atoms with Crippen LogP contribution in [0, 0.1) is 0 Å². The van der Waals surface area contributed by atoms with Gasteiger partial charge in [0.1, 0.15) is 0 Å². The minimum atomic E-state index is -0.849. The van der Waals surface area contributed by atoms with E-state index in [1.807, 2.05) is 0 Å². The highest BCUT2D eigenvalue weighted by Crippen LogP contribution is 1.96. The summed E-state index contributed by atoms with van der Waals surface area (Å²) in [7, 11) is 1.28. The Hall–Kier alpha value is -0.910. The Morgan fingerprint density at radius 1 is 1.58 bits per heavy atom. The zero-order chi connectivity index (χ0) is 9.40. The number of carbonyl (C=O) groups excluding carboxylic acids is 1. The summed E-state index contributed by atoms with van der Waals surface area (Å²) in [6, 6.07) is 0. The Morgan fingerprint density at radius 3 is 2.75 bits per heavy atom. The summed E-state index contributed by atoms with van der Waals surface area (Å²) in [4.78, 5) is 20.5. The van der Waals surface area contributed by atoms with Gasteiger partial charge in [-0.1, -0.05) is 0 Å². The molecule has 0 saturated heterocycles. The lowest BCUT2D eigenvalue weighted by molar-refractivity contribution is -0.133. The van der Waals surface area contributed by atoms with Crippen molar-refractivity contribution in [1.29, 1.82) is 0 Å². The molecule has 5 nitrogen and oxygen atoms in total. The van der Waals surface area contributed by atoms with Crippen LogP contribution >= 0.6 is 11.8 Å². The molecule has 0 aromatic carbocycles. The van der Waals surface area contributed by atoms with Crippen molar-refractivity contribution >= 4 is 23.8 Å². The fourth-order valence-corrected chi connectivity index (χ4v) is 1.02. The molecule has 0 radical (unpaired) electrons. The molecule has 0 fully saturated rings. The van der Waals surface area contributed by atoms with Crippen molar-refractivity contribution in [2.24, 2.45) is 0 Å². The zero-order valence-electron chi connectivity index (χ0n) is 6.70. The van der Waals surface area contributed by atoms with E-state index in [0.717, 1.165) is 0 Å². The highest BCUT2D eigenvalue weighted by atomic mass is 32.2. The van der Waals surface area contributed by atoms with Crippen molar-refractivity contribution in [3.63, 3.8) is 0 Å². The van der Waals surface area contributed by atoms with Gasteiger partial charge in [0.15, 0.2) is 0 Å². The first-order valence-electron chi connectivity index (χ1n) is 3.28. The molecule has 0 saturated carbocycles. The Morgan fingerprint density at radius 2 is 2.25 bits per heavy atom. The van der Waals surface area contributed by atoms with Gasteiger partial charge in [-0.2, -0.15) is 0 Å². The van der Waals surface area contributed by atoms with Crippen LogP contribution in [-0.2, 0) is 9.53 Å². The fourth-order valence-electron chi connectivity index (χ4n) is 0.457. The number of carbonyl (C=O) groups is 2. The smallest absolute Gasteiger partial charge is 0.406 e. The van der Waals surface area contributed by atoms with Crippen LogP contribution in [0.15, 0.2) is 0 Å². The van der Waals surface area contributed by atoms with Gasteiger partial charge in [0.25, 0.3) is 0 Å². The Bertz CT molecular complexity index is 162. The monoisotopic (exact) mass is 193 g/mol. The lowest BCUT2D eigenvalue weighted by atomic mass is 10.7. The number of hydrogen-bond donors (Lipinski definition) is 2. The maximum absolute atomic E-state index is 10.4. The van der Waals surface area contributed by atoms with Gasteiger partial charge >= 0.3 is 12.1 Å². The van der Waals surface area contributed by atoms with Gasteiger partial charge in [0.2, 0.25) is 0 Å². The minimum Gasteiger partial charge on any atom is -0.481 e. The first kappa shape index (κ1) is 11.1. The van der Waals surface area contributed by atoms with Crippen LogP contribution < -0.4 is 5.32 Å². The van der Waals surface area contributed by atoms with Crippen LogP contribution in [0.25, 0.3) is 0 Å². The van der Waals surface area contributed by atoms with Crippen LogP contribution in [0.4, 0.5) is 4.79 Å². The summed E-state index contributed by atoms with van der Waals surface area (Å²) >= 11 is 1.24. The number of carboxylic acid groups (broad SMARTS) is 1. The van der Waals surface area contributed by atoms with Crippen molar-refractivity contribution in [2.45, 2.75) is 0 Å². The number of carboxylic acids is 1. The summed E-state index contributed by atoms with van der Waals surface area (Å²) in [5.74, 6) is -0.220. The molecule has 0 aromatic rings. The molecular weight excluding hydrogens is 182 g/mol. The van der Waals surface area contributed by atoms with E-state index < -0.39 is 12.1 Å². The summed E-state index contributed by atoms with van der Waals surface area (Å²) in [5.41, 5.74) is 0. The summed E-state index contributed by atoms with van der Waals surface area (Å²) in [6.45, 7) is 0.421. The predicted molar refractivity (Wildman–Crippen MR) is 45.4 cm³/mol. The number of alkyl carbamates (subject to hydrolysis) is 1. The standard InChI is InChI=1S/C6H11NO4S/c1-11-6(10)7-2-3-12-4-5(8)9/h2-4H2,1H3,(H,7,10)(H,8,9). The molecule has 0 heterocycles. The zero-order valence-corrected chi connectivity index (χ0v) is 7.52. The lowest BCUT2D eigenvalue weighted by Gasteiger charge is -2.01. The third-order valence-electron chi connectivity index (χ3n) is 0.927. The number of ether oxygens (including phenoxy) is 1. The number of methoxy groups -OCH3 is 1. The van der Waals surface area contributed by atoms with Crippen molar-refractivity contribution in [3.8, 4) is 0 Å². The number of nitrogens with one attached hydrogen (secondary N) is 1. The molecule has 0 bridgehead atoms. The predicted octanol–water partition coefficient (Wildman–Crippen LogP) is 0.160. The van der Waals surface area contributed by atoms with E-state index in [1.54, 1.807) is 0 Å². The maximum Gasteiger partial charge on any atom is 0.406 e. The first-order chi connectivity index (χ1) is 5.66. The van der Waals surface area contributed by atoms with Crippen molar-refractivity contribution in [2.75, 3.05) is 25.2 Å².